The van der Waals surface area contributed by atoms with Gasteiger partial charge in [0.05, 0.1) is 11.8 Å². The van der Waals surface area contributed by atoms with Crippen molar-refractivity contribution < 1.29 is 9.21 Å². The summed E-state index contributed by atoms with van der Waals surface area (Å²) in [5.41, 5.74) is 0.480. The molecule has 0 bridgehead atoms. The van der Waals surface area contributed by atoms with Crippen molar-refractivity contribution in [2.24, 2.45) is 5.92 Å². The summed E-state index contributed by atoms with van der Waals surface area (Å²) in [6.45, 7) is 3.83. The highest BCUT2D eigenvalue weighted by Gasteiger charge is 2.27. The highest BCUT2D eigenvalue weighted by Crippen LogP contribution is 2.24. The predicted octanol–water partition coefficient (Wildman–Crippen LogP) is 2.81. The number of hydrogen-bond acceptors (Lipinski definition) is 2. The van der Waals surface area contributed by atoms with Gasteiger partial charge in [-0.1, -0.05) is 13.3 Å². The lowest BCUT2D eigenvalue weighted by Gasteiger charge is -2.15. The first-order valence-electron chi connectivity index (χ1n) is 5.24. The summed E-state index contributed by atoms with van der Waals surface area (Å²) in [7, 11) is 0. The molecule has 0 N–H and O–H groups in total. The van der Waals surface area contributed by atoms with E-state index in [1.54, 1.807) is 6.07 Å². The molecule has 2 heterocycles. The third-order valence-corrected chi connectivity index (χ3v) is 3.29. The maximum absolute atomic E-state index is 12.0. The van der Waals surface area contributed by atoms with Gasteiger partial charge in [0.2, 0.25) is 5.22 Å². The number of nitrogens with zero attached hydrogens (tertiary/aromatic N) is 1. The van der Waals surface area contributed by atoms with E-state index in [1.807, 2.05) is 4.90 Å². The summed E-state index contributed by atoms with van der Waals surface area (Å²) in [5.74, 6) is 0.629. The standard InChI is InChI=1S/C11H14ClNO2/c1-2-8-3-5-13(7-8)11(14)9-4-6-15-10(9)12/h4,6,8H,2-3,5,7H2,1H3. The fraction of sp³-hybridized carbons (Fsp3) is 0.545. The lowest BCUT2D eigenvalue weighted by Crippen LogP contribution is -2.28. The van der Waals surface area contributed by atoms with Crippen molar-refractivity contribution in [3.8, 4) is 0 Å². The molecule has 2 rings (SSSR count). The maximum atomic E-state index is 12.0. The fourth-order valence-electron chi connectivity index (χ4n) is 1.97. The van der Waals surface area contributed by atoms with Crippen LogP contribution in [0.5, 0.6) is 0 Å². The van der Waals surface area contributed by atoms with Gasteiger partial charge in [-0.2, -0.15) is 0 Å². The van der Waals surface area contributed by atoms with Crippen molar-refractivity contribution in [1.82, 2.24) is 4.90 Å². The van der Waals surface area contributed by atoms with Gasteiger partial charge in [0.25, 0.3) is 5.91 Å². The normalized spacial score (nSPS) is 20.9. The molecule has 0 aromatic carbocycles. The quantitative estimate of drug-likeness (QED) is 0.779. The number of likely N-dealkylation sites (tertiary alicyclic amines) is 1. The van der Waals surface area contributed by atoms with E-state index in [0.717, 1.165) is 25.9 Å². The molecule has 0 aliphatic carbocycles. The Balaban J connectivity index is 2.07. The summed E-state index contributed by atoms with van der Waals surface area (Å²) in [6.07, 6.45) is 3.67. The van der Waals surface area contributed by atoms with E-state index in [1.165, 1.54) is 6.26 Å². The highest BCUT2D eigenvalue weighted by atomic mass is 35.5. The molecule has 0 spiro atoms. The van der Waals surface area contributed by atoms with E-state index in [2.05, 4.69) is 6.92 Å². The summed E-state index contributed by atoms with van der Waals surface area (Å²) >= 11 is 5.77. The molecule has 4 heteroatoms. The van der Waals surface area contributed by atoms with Crippen molar-refractivity contribution >= 4 is 17.5 Å². The smallest absolute Gasteiger partial charge is 0.258 e. The molecule has 15 heavy (non-hydrogen) atoms. The molecule has 3 nitrogen and oxygen atoms in total. The summed E-state index contributed by atoms with van der Waals surface area (Å²) in [6, 6.07) is 1.63. The summed E-state index contributed by atoms with van der Waals surface area (Å²) in [5, 5.41) is 0.194. The van der Waals surface area contributed by atoms with E-state index < -0.39 is 0 Å². The first-order valence-corrected chi connectivity index (χ1v) is 5.62. The zero-order valence-corrected chi connectivity index (χ0v) is 9.46. The minimum Gasteiger partial charge on any atom is -0.452 e. The Bertz CT molecular complexity index is 361. The van der Waals surface area contributed by atoms with E-state index in [-0.39, 0.29) is 11.1 Å². The number of amides is 1. The number of furan rings is 1. The zero-order chi connectivity index (χ0) is 10.8. The maximum Gasteiger partial charge on any atom is 0.258 e. The van der Waals surface area contributed by atoms with E-state index in [4.69, 9.17) is 16.0 Å². The number of halogens is 1. The van der Waals surface area contributed by atoms with E-state index in [9.17, 15) is 4.79 Å². The highest BCUT2D eigenvalue weighted by molar-refractivity contribution is 6.32. The summed E-state index contributed by atoms with van der Waals surface area (Å²) in [4.78, 5) is 13.8. The lowest BCUT2D eigenvalue weighted by molar-refractivity contribution is 0.0786. The molecule has 1 atom stereocenters. The van der Waals surface area contributed by atoms with Crippen LogP contribution in [0.4, 0.5) is 0 Å². The van der Waals surface area contributed by atoms with Gasteiger partial charge in [-0.3, -0.25) is 4.79 Å². The van der Waals surface area contributed by atoms with Crippen LogP contribution >= 0.6 is 11.6 Å². The molecular formula is C11H14ClNO2. The number of carbonyl (C=O) groups excluding carboxylic acids is 1. The number of rotatable bonds is 2. The van der Waals surface area contributed by atoms with Gasteiger partial charge in [0.1, 0.15) is 0 Å². The van der Waals surface area contributed by atoms with Gasteiger partial charge in [0, 0.05) is 13.1 Å². The van der Waals surface area contributed by atoms with Gasteiger partial charge < -0.3 is 9.32 Å². The van der Waals surface area contributed by atoms with Crippen molar-refractivity contribution in [3.05, 3.63) is 23.1 Å². The molecule has 1 aromatic heterocycles. The van der Waals surface area contributed by atoms with Crippen LogP contribution < -0.4 is 0 Å². The Morgan fingerprint density at radius 1 is 1.73 bits per heavy atom. The molecule has 1 aliphatic rings. The minimum atomic E-state index is -0.00954. The molecule has 1 aliphatic heterocycles. The molecule has 1 saturated heterocycles. The second-order valence-corrected chi connectivity index (χ2v) is 4.27. The Morgan fingerprint density at radius 2 is 2.53 bits per heavy atom. The number of hydrogen-bond donors (Lipinski definition) is 0. The molecule has 1 fully saturated rings. The van der Waals surface area contributed by atoms with E-state index in [0.29, 0.717) is 11.5 Å². The second-order valence-electron chi connectivity index (χ2n) is 3.92. The summed E-state index contributed by atoms with van der Waals surface area (Å²) < 4.78 is 4.92. The van der Waals surface area contributed by atoms with Crippen molar-refractivity contribution in [3.63, 3.8) is 0 Å². The van der Waals surface area contributed by atoms with Crippen LogP contribution in [0, 0.1) is 5.92 Å². The Morgan fingerprint density at radius 3 is 3.07 bits per heavy atom. The average molecular weight is 228 g/mol. The minimum absolute atomic E-state index is 0.00954. The molecule has 0 saturated carbocycles. The molecule has 1 amide bonds. The van der Waals surface area contributed by atoms with Crippen molar-refractivity contribution in [2.75, 3.05) is 13.1 Å². The second kappa shape index (κ2) is 4.27. The molecule has 1 aromatic rings. The molecule has 0 radical (unpaired) electrons. The van der Waals surface area contributed by atoms with Crippen LogP contribution in [0.25, 0.3) is 0 Å². The van der Waals surface area contributed by atoms with Crippen LogP contribution in [0.2, 0.25) is 5.22 Å². The van der Waals surface area contributed by atoms with Crippen LogP contribution in [0.1, 0.15) is 30.1 Å². The van der Waals surface area contributed by atoms with Crippen molar-refractivity contribution in [2.45, 2.75) is 19.8 Å². The largest absolute Gasteiger partial charge is 0.452 e. The topological polar surface area (TPSA) is 33.5 Å². The fourth-order valence-corrected chi connectivity index (χ4v) is 2.16. The monoisotopic (exact) mass is 227 g/mol. The molecule has 1 unspecified atom stereocenters. The first-order chi connectivity index (χ1) is 7.22. The lowest BCUT2D eigenvalue weighted by atomic mass is 10.1. The predicted molar refractivity (Wildman–Crippen MR) is 58.0 cm³/mol. The third kappa shape index (κ3) is 2.02. The first kappa shape index (κ1) is 10.6. The van der Waals surface area contributed by atoms with E-state index >= 15 is 0 Å². The van der Waals surface area contributed by atoms with Crippen molar-refractivity contribution in [1.29, 1.82) is 0 Å². The van der Waals surface area contributed by atoms with Gasteiger partial charge in [-0.05, 0) is 30.0 Å². The van der Waals surface area contributed by atoms with Gasteiger partial charge in [-0.25, -0.2) is 0 Å². The van der Waals surface area contributed by atoms with Crippen LogP contribution in [-0.4, -0.2) is 23.9 Å². The average Bonchev–Trinajstić information content (AvgIpc) is 2.84. The van der Waals surface area contributed by atoms with Crippen LogP contribution in [0.3, 0.4) is 0 Å². The van der Waals surface area contributed by atoms with Gasteiger partial charge in [0.15, 0.2) is 0 Å². The third-order valence-electron chi connectivity index (χ3n) is 3.00. The van der Waals surface area contributed by atoms with Crippen LogP contribution in [-0.2, 0) is 0 Å². The van der Waals surface area contributed by atoms with Gasteiger partial charge in [-0.15, -0.1) is 0 Å². The molecule has 82 valence electrons. The zero-order valence-electron chi connectivity index (χ0n) is 8.70. The SMILES string of the molecule is CCC1CCN(C(=O)c2ccoc2Cl)C1. The van der Waals surface area contributed by atoms with Crippen LogP contribution in [0.15, 0.2) is 16.7 Å². The Hall–Kier alpha value is -0.960. The Kier molecular flexibility index (Phi) is 3.00. The number of carbonyl (C=O) groups is 1. The Labute approximate surface area is 94.0 Å². The molecular weight excluding hydrogens is 214 g/mol. The van der Waals surface area contributed by atoms with Gasteiger partial charge >= 0.3 is 0 Å².